The van der Waals surface area contributed by atoms with Gasteiger partial charge in [0.15, 0.2) is 5.65 Å². The van der Waals surface area contributed by atoms with Crippen LogP contribution in [0.1, 0.15) is 5.56 Å². The number of hydrogen-bond donors (Lipinski definition) is 1. The van der Waals surface area contributed by atoms with Crippen molar-refractivity contribution < 1.29 is 9.50 Å². The minimum Gasteiger partial charge on any atom is -0.508 e. The highest BCUT2D eigenvalue weighted by Gasteiger charge is 2.12. The van der Waals surface area contributed by atoms with Gasteiger partial charge >= 0.3 is 0 Å². The van der Waals surface area contributed by atoms with E-state index in [0.29, 0.717) is 22.5 Å². The summed E-state index contributed by atoms with van der Waals surface area (Å²) >= 11 is 0. The number of rotatable bonds is 1. The molecular weight excluding hydrogens is 233 g/mol. The topological polar surface area (TPSA) is 50.4 Å². The number of phenolic OH excluding ortho intramolecular Hbond substituents is 1. The Labute approximate surface area is 102 Å². The molecule has 0 saturated carbocycles. The number of hydrogen-bond acceptors (Lipinski definition) is 3. The highest BCUT2D eigenvalue weighted by molar-refractivity contribution is 5.66. The summed E-state index contributed by atoms with van der Waals surface area (Å²) in [6.45, 7) is 1.73. The van der Waals surface area contributed by atoms with Crippen molar-refractivity contribution in [2.45, 2.75) is 6.92 Å². The van der Waals surface area contributed by atoms with Crippen molar-refractivity contribution in [3.8, 4) is 17.0 Å². The van der Waals surface area contributed by atoms with Gasteiger partial charge in [0.1, 0.15) is 11.6 Å². The molecule has 0 saturated heterocycles. The van der Waals surface area contributed by atoms with Crippen molar-refractivity contribution >= 4 is 5.65 Å². The van der Waals surface area contributed by atoms with E-state index in [1.54, 1.807) is 42.2 Å². The largest absolute Gasteiger partial charge is 0.508 e. The summed E-state index contributed by atoms with van der Waals surface area (Å²) in [5.41, 5.74) is 2.31. The van der Waals surface area contributed by atoms with Gasteiger partial charge in [-0.1, -0.05) is 0 Å². The van der Waals surface area contributed by atoms with Gasteiger partial charge in [0, 0.05) is 24.0 Å². The molecule has 0 bridgehead atoms. The Morgan fingerprint density at radius 2 is 2.11 bits per heavy atom. The van der Waals surface area contributed by atoms with Crippen LogP contribution >= 0.6 is 0 Å². The van der Waals surface area contributed by atoms with Crippen molar-refractivity contribution in [1.29, 1.82) is 0 Å². The van der Waals surface area contributed by atoms with Crippen LogP contribution in [0.4, 0.5) is 4.39 Å². The lowest BCUT2D eigenvalue weighted by atomic mass is 10.1. The summed E-state index contributed by atoms with van der Waals surface area (Å²) in [6.07, 6.45) is 6.53. The number of fused-ring (bicyclic) bond motifs is 1. The van der Waals surface area contributed by atoms with Gasteiger partial charge in [-0.3, -0.25) is 9.38 Å². The van der Waals surface area contributed by atoms with Crippen LogP contribution in [0, 0.1) is 12.7 Å². The molecule has 3 rings (SSSR count). The molecule has 0 radical (unpaired) electrons. The standard InChI is InChI=1S/C13H10FN3O/c1-8-4-9(10(14)5-12(8)18)11-6-16-13-7-15-2-3-17(11)13/h2-7,18H,1H3. The number of benzene rings is 1. The van der Waals surface area contributed by atoms with Gasteiger partial charge in [-0.05, 0) is 18.6 Å². The zero-order valence-electron chi connectivity index (χ0n) is 9.63. The Balaban J connectivity index is 2.29. The van der Waals surface area contributed by atoms with Crippen LogP contribution in [0.3, 0.4) is 0 Å². The second-order valence-corrected chi connectivity index (χ2v) is 4.07. The van der Waals surface area contributed by atoms with Gasteiger partial charge in [0.25, 0.3) is 0 Å². The van der Waals surface area contributed by atoms with E-state index in [-0.39, 0.29) is 5.75 Å². The SMILES string of the molecule is Cc1cc(-c2cnc3cnccn23)c(F)cc1O. The Hall–Kier alpha value is -2.43. The number of imidazole rings is 1. The van der Waals surface area contributed by atoms with E-state index in [0.717, 1.165) is 6.07 Å². The zero-order valence-corrected chi connectivity index (χ0v) is 9.63. The molecule has 18 heavy (non-hydrogen) atoms. The van der Waals surface area contributed by atoms with Crippen LogP contribution in [-0.2, 0) is 0 Å². The number of phenols is 1. The quantitative estimate of drug-likeness (QED) is 0.714. The Kier molecular flexibility index (Phi) is 2.26. The van der Waals surface area contributed by atoms with Crippen molar-refractivity contribution in [2.24, 2.45) is 0 Å². The first-order valence-electron chi connectivity index (χ1n) is 5.43. The first kappa shape index (κ1) is 10.7. The van der Waals surface area contributed by atoms with Crippen molar-refractivity contribution in [3.05, 3.63) is 48.3 Å². The lowest BCUT2D eigenvalue weighted by Gasteiger charge is -2.06. The summed E-state index contributed by atoms with van der Waals surface area (Å²) in [6, 6.07) is 2.72. The molecule has 1 N–H and O–H groups in total. The molecule has 0 atom stereocenters. The van der Waals surface area contributed by atoms with Crippen LogP contribution in [-0.4, -0.2) is 19.5 Å². The number of halogens is 1. The average Bonchev–Trinajstić information content (AvgIpc) is 2.78. The molecule has 5 heteroatoms. The van der Waals surface area contributed by atoms with Crippen molar-refractivity contribution in [1.82, 2.24) is 14.4 Å². The summed E-state index contributed by atoms with van der Waals surface area (Å²) in [5, 5.41) is 9.46. The lowest BCUT2D eigenvalue weighted by molar-refractivity contribution is 0.465. The Morgan fingerprint density at radius 3 is 2.94 bits per heavy atom. The first-order valence-corrected chi connectivity index (χ1v) is 5.43. The fourth-order valence-corrected chi connectivity index (χ4v) is 1.91. The Bertz CT molecular complexity index is 736. The summed E-state index contributed by atoms with van der Waals surface area (Å²) in [4.78, 5) is 8.12. The maximum absolute atomic E-state index is 13.9. The van der Waals surface area contributed by atoms with Gasteiger partial charge in [-0.15, -0.1) is 0 Å². The third kappa shape index (κ3) is 1.52. The molecule has 2 heterocycles. The molecule has 0 aliphatic rings. The number of aromatic hydroxyl groups is 1. The van der Waals surface area contributed by atoms with Crippen LogP contribution in [0.25, 0.3) is 16.9 Å². The van der Waals surface area contributed by atoms with E-state index in [4.69, 9.17) is 0 Å². The van der Waals surface area contributed by atoms with Crippen molar-refractivity contribution in [3.63, 3.8) is 0 Å². The molecule has 0 aliphatic carbocycles. The van der Waals surface area contributed by atoms with Crippen LogP contribution in [0.15, 0.2) is 36.9 Å². The van der Waals surface area contributed by atoms with Gasteiger partial charge in [-0.2, -0.15) is 0 Å². The maximum atomic E-state index is 13.9. The van der Waals surface area contributed by atoms with Crippen molar-refractivity contribution in [2.75, 3.05) is 0 Å². The lowest BCUT2D eigenvalue weighted by Crippen LogP contribution is -1.92. The second-order valence-electron chi connectivity index (χ2n) is 4.07. The highest BCUT2D eigenvalue weighted by Crippen LogP contribution is 2.29. The summed E-state index contributed by atoms with van der Waals surface area (Å²) in [5.74, 6) is -0.525. The van der Waals surface area contributed by atoms with E-state index < -0.39 is 5.82 Å². The molecule has 0 unspecified atom stereocenters. The minimum atomic E-state index is -0.475. The van der Waals surface area contributed by atoms with E-state index >= 15 is 0 Å². The van der Waals surface area contributed by atoms with Gasteiger partial charge in [-0.25, -0.2) is 9.37 Å². The van der Waals surface area contributed by atoms with E-state index in [2.05, 4.69) is 9.97 Å². The predicted octanol–water partition coefficient (Wildman–Crippen LogP) is 2.55. The van der Waals surface area contributed by atoms with Crippen LogP contribution < -0.4 is 0 Å². The highest BCUT2D eigenvalue weighted by atomic mass is 19.1. The molecule has 0 fully saturated rings. The zero-order chi connectivity index (χ0) is 12.7. The fourth-order valence-electron chi connectivity index (χ4n) is 1.91. The predicted molar refractivity (Wildman–Crippen MR) is 64.8 cm³/mol. The molecular formula is C13H10FN3O. The normalized spacial score (nSPS) is 11.0. The molecule has 0 aliphatic heterocycles. The van der Waals surface area contributed by atoms with Crippen LogP contribution in [0.2, 0.25) is 0 Å². The van der Waals surface area contributed by atoms with Gasteiger partial charge in [0.05, 0.1) is 18.1 Å². The number of aromatic nitrogens is 3. The molecule has 0 amide bonds. The summed E-state index contributed by atoms with van der Waals surface area (Å²) < 4.78 is 15.7. The monoisotopic (exact) mass is 243 g/mol. The van der Waals surface area contributed by atoms with Gasteiger partial charge < -0.3 is 5.11 Å². The second kappa shape index (κ2) is 3.80. The van der Waals surface area contributed by atoms with Gasteiger partial charge in [0.2, 0.25) is 0 Å². The molecule has 4 nitrogen and oxygen atoms in total. The average molecular weight is 243 g/mol. The van der Waals surface area contributed by atoms with E-state index in [1.807, 2.05) is 0 Å². The summed E-state index contributed by atoms with van der Waals surface area (Å²) in [7, 11) is 0. The first-order chi connectivity index (χ1) is 8.66. The molecule has 0 spiro atoms. The van der Waals surface area contributed by atoms with E-state index in [9.17, 15) is 9.50 Å². The smallest absolute Gasteiger partial charge is 0.155 e. The fraction of sp³-hybridized carbons (Fsp3) is 0.0769. The maximum Gasteiger partial charge on any atom is 0.155 e. The third-order valence-corrected chi connectivity index (χ3v) is 2.88. The number of nitrogens with zero attached hydrogens (tertiary/aromatic N) is 3. The molecule has 1 aromatic carbocycles. The number of aryl methyl sites for hydroxylation is 1. The Morgan fingerprint density at radius 1 is 1.28 bits per heavy atom. The molecule has 2 aromatic heterocycles. The van der Waals surface area contributed by atoms with Crippen LogP contribution in [0.5, 0.6) is 5.75 Å². The molecule has 90 valence electrons. The molecule has 3 aromatic rings. The van der Waals surface area contributed by atoms with E-state index in [1.165, 1.54) is 0 Å². The third-order valence-electron chi connectivity index (χ3n) is 2.88. The minimum absolute atomic E-state index is 0.0493.